The summed E-state index contributed by atoms with van der Waals surface area (Å²) in [5.74, 6) is 0.677. The number of carbonyl (C=O) groups excluding carboxylic acids is 1. The molecule has 0 aliphatic heterocycles. The van der Waals surface area contributed by atoms with Crippen molar-refractivity contribution in [2.75, 3.05) is 19.0 Å². The fourth-order valence-electron chi connectivity index (χ4n) is 2.22. The van der Waals surface area contributed by atoms with Crippen molar-refractivity contribution in [3.05, 3.63) is 65.0 Å². The molecular formula is C18H15NO5. The van der Waals surface area contributed by atoms with E-state index in [9.17, 15) is 9.59 Å². The molecule has 0 saturated heterocycles. The molecule has 0 fully saturated rings. The quantitative estimate of drug-likeness (QED) is 0.730. The van der Waals surface area contributed by atoms with Crippen LogP contribution in [0.15, 0.2) is 63.8 Å². The lowest BCUT2D eigenvalue weighted by Crippen LogP contribution is -2.20. The van der Waals surface area contributed by atoms with Gasteiger partial charge in [-0.25, -0.2) is 4.79 Å². The van der Waals surface area contributed by atoms with Gasteiger partial charge in [-0.3, -0.25) is 4.79 Å². The normalized spacial score (nSPS) is 10.4. The van der Waals surface area contributed by atoms with E-state index in [4.69, 9.17) is 13.9 Å². The van der Waals surface area contributed by atoms with Crippen molar-refractivity contribution in [1.29, 1.82) is 0 Å². The number of nitrogens with one attached hydrogen (secondary N) is 1. The van der Waals surface area contributed by atoms with Gasteiger partial charge in [0.25, 0.3) is 5.91 Å². The average molecular weight is 325 g/mol. The van der Waals surface area contributed by atoms with Gasteiger partial charge in [0.15, 0.2) is 6.61 Å². The fourth-order valence-corrected chi connectivity index (χ4v) is 2.22. The van der Waals surface area contributed by atoms with Crippen LogP contribution in [0.2, 0.25) is 0 Å². The maximum Gasteiger partial charge on any atom is 0.339 e. The highest BCUT2D eigenvalue weighted by molar-refractivity contribution is 5.92. The van der Waals surface area contributed by atoms with E-state index in [1.165, 1.54) is 6.07 Å². The van der Waals surface area contributed by atoms with Crippen LogP contribution < -0.4 is 20.4 Å². The molecule has 1 N–H and O–H groups in total. The van der Waals surface area contributed by atoms with E-state index in [1.54, 1.807) is 55.6 Å². The molecule has 6 heteroatoms. The zero-order chi connectivity index (χ0) is 16.9. The number of amides is 1. The first-order chi connectivity index (χ1) is 11.7. The van der Waals surface area contributed by atoms with Crippen molar-refractivity contribution in [1.82, 2.24) is 0 Å². The van der Waals surface area contributed by atoms with Crippen molar-refractivity contribution in [3.8, 4) is 11.5 Å². The molecule has 1 amide bonds. The largest absolute Gasteiger partial charge is 0.497 e. The topological polar surface area (TPSA) is 77.8 Å². The summed E-state index contributed by atoms with van der Waals surface area (Å²) in [4.78, 5) is 23.5. The molecule has 0 radical (unpaired) electrons. The Hall–Kier alpha value is -3.28. The van der Waals surface area contributed by atoms with Gasteiger partial charge in [0.05, 0.1) is 18.6 Å². The van der Waals surface area contributed by atoms with E-state index in [0.29, 0.717) is 28.2 Å². The lowest BCUT2D eigenvalue weighted by molar-refractivity contribution is -0.118. The summed E-state index contributed by atoms with van der Waals surface area (Å²) in [6.45, 7) is -0.223. The molecule has 0 atom stereocenters. The zero-order valence-corrected chi connectivity index (χ0v) is 12.9. The molecule has 1 heterocycles. The maximum absolute atomic E-state index is 12.0. The molecule has 0 spiro atoms. The predicted octanol–water partition coefficient (Wildman–Crippen LogP) is 2.82. The molecule has 1 aromatic heterocycles. The number of carbonyl (C=O) groups is 1. The van der Waals surface area contributed by atoms with Crippen LogP contribution in [-0.2, 0) is 4.79 Å². The molecule has 3 aromatic rings. The lowest BCUT2D eigenvalue weighted by atomic mass is 10.2. The Kier molecular flexibility index (Phi) is 4.47. The molecule has 6 nitrogen and oxygen atoms in total. The predicted molar refractivity (Wildman–Crippen MR) is 89.6 cm³/mol. The van der Waals surface area contributed by atoms with Crippen LogP contribution in [0, 0.1) is 0 Å². The summed E-state index contributed by atoms with van der Waals surface area (Å²) in [5, 5.41) is 3.34. The minimum Gasteiger partial charge on any atom is -0.497 e. The fraction of sp³-hybridized carbons (Fsp3) is 0.111. The monoisotopic (exact) mass is 325 g/mol. The first kappa shape index (κ1) is 15.6. The summed E-state index contributed by atoms with van der Waals surface area (Å²) in [5.41, 5.74) is 0.511. The van der Waals surface area contributed by atoms with Crippen LogP contribution in [0.4, 0.5) is 5.69 Å². The first-order valence-corrected chi connectivity index (χ1v) is 7.25. The molecule has 0 unspecified atom stereocenters. The molecule has 0 aliphatic carbocycles. The smallest absolute Gasteiger partial charge is 0.339 e. The van der Waals surface area contributed by atoms with Crippen LogP contribution in [-0.4, -0.2) is 19.6 Å². The highest BCUT2D eigenvalue weighted by Gasteiger charge is 2.09. The number of methoxy groups -OCH3 is 1. The lowest BCUT2D eigenvalue weighted by Gasteiger charge is -2.09. The number of benzene rings is 2. The van der Waals surface area contributed by atoms with Gasteiger partial charge in [0.1, 0.15) is 17.1 Å². The minimum absolute atomic E-state index is 0.223. The van der Waals surface area contributed by atoms with Gasteiger partial charge in [-0.1, -0.05) is 12.1 Å². The summed E-state index contributed by atoms with van der Waals surface area (Å²) >= 11 is 0. The number of hydrogen-bond donors (Lipinski definition) is 1. The van der Waals surface area contributed by atoms with E-state index in [-0.39, 0.29) is 12.5 Å². The Morgan fingerprint density at radius 1 is 1.12 bits per heavy atom. The van der Waals surface area contributed by atoms with E-state index in [1.807, 2.05) is 0 Å². The SMILES string of the molecule is COc1ccc(NC(=O)COc2cc(=O)oc3ccccc23)cc1. The summed E-state index contributed by atoms with van der Waals surface area (Å²) < 4.78 is 15.6. The summed E-state index contributed by atoms with van der Waals surface area (Å²) in [6.07, 6.45) is 0. The number of anilines is 1. The van der Waals surface area contributed by atoms with Gasteiger partial charge in [0, 0.05) is 5.69 Å². The molecule has 2 aromatic carbocycles. The Bertz CT molecular complexity index is 915. The minimum atomic E-state index is -0.528. The second-order valence-corrected chi connectivity index (χ2v) is 4.99. The van der Waals surface area contributed by atoms with Gasteiger partial charge in [0.2, 0.25) is 0 Å². The Morgan fingerprint density at radius 2 is 1.88 bits per heavy atom. The standard InChI is InChI=1S/C18H15NO5/c1-22-13-8-6-12(7-9-13)19-17(20)11-23-16-10-18(21)24-15-5-3-2-4-14(15)16/h2-10H,11H2,1H3,(H,19,20). The molecule has 3 rings (SSSR count). The number of hydrogen-bond acceptors (Lipinski definition) is 5. The molecular weight excluding hydrogens is 310 g/mol. The van der Waals surface area contributed by atoms with Gasteiger partial charge in [-0.2, -0.15) is 0 Å². The van der Waals surface area contributed by atoms with Gasteiger partial charge in [-0.05, 0) is 36.4 Å². The Labute approximate surface area is 137 Å². The van der Waals surface area contributed by atoms with Gasteiger partial charge < -0.3 is 19.2 Å². The molecule has 24 heavy (non-hydrogen) atoms. The highest BCUT2D eigenvalue weighted by Crippen LogP contribution is 2.23. The Balaban J connectivity index is 1.69. The third-order valence-electron chi connectivity index (χ3n) is 3.34. The zero-order valence-electron chi connectivity index (χ0n) is 12.9. The van der Waals surface area contributed by atoms with Gasteiger partial charge in [-0.15, -0.1) is 0 Å². The van der Waals surface area contributed by atoms with Crippen molar-refractivity contribution >= 4 is 22.6 Å². The second-order valence-electron chi connectivity index (χ2n) is 4.99. The van der Waals surface area contributed by atoms with Crippen LogP contribution in [0.5, 0.6) is 11.5 Å². The van der Waals surface area contributed by atoms with Crippen LogP contribution in [0.3, 0.4) is 0 Å². The molecule has 0 saturated carbocycles. The van der Waals surface area contributed by atoms with Crippen molar-refractivity contribution in [2.45, 2.75) is 0 Å². The third-order valence-corrected chi connectivity index (χ3v) is 3.34. The maximum atomic E-state index is 12.0. The van der Waals surface area contributed by atoms with E-state index >= 15 is 0 Å². The number of para-hydroxylation sites is 1. The van der Waals surface area contributed by atoms with Crippen LogP contribution in [0.1, 0.15) is 0 Å². The van der Waals surface area contributed by atoms with E-state index in [0.717, 1.165) is 0 Å². The van der Waals surface area contributed by atoms with E-state index in [2.05, 4.69) is 5.32 Å². The summed E-state index contributed by atoms with van der Waals surface area (Å²) in [6, 6.07) is 15.1. The summed E-state index contributed by atoms with van der Waals surface area (Å²) in [7, 11) is 1.57. The molecule has 122 valence electrons. The van der Waals surface area contributed by atoms with Crippen molar-refractivity contribution in [3.63, 3.8) is 0 Å². The number of rotatable bonds is 5. The Morgan fingerprint density at radius 3 is 2.62 bits per heavy atom. The first-order valence-electron chi connectivity index (χ1n) is 7.25. The molecule has 0 bridgehead atoms. The number of fused-ring (bicyclic) bond motifs is 1. The molecule has 0 aliphatic rings. The highest BCUT2D eigenvalue weighted by atomic mass is 16.5. The second kappa shape index (κ2) is 6.87. The van der Waals surface area contributed by atoms with Crippen molar-refractivity contribution < 1.29 is 18.7 Å². The van der Waals surface area contributed by atoms with Crippen molar-refractivity contribution in [2.24, 2.45) is 0 Å². The van der Waals surface area contributed by atoms with Gasteiger partial charge >= 0.3 is 5.63 Å². The van der Waals surface area contributed by atoms with Crippen LogP contribution >= 0.6 is 0 Å². The van der Waals surface area contributed by atoms with E-state index < -0.39 is 5.63 Å². The third kappa shape index (κ3) is 3.55. The van der Waals surface area contributed by atoms with Crippen LogP contribution in [0.25, 0.3) is 11.0 Å². The number of ether oxygens (including phenoxy) is 2. The average Bonchev–Trinajstić information content (AvgIpc) is 2.60.